The summed E-state index contributed by atoms with van der Waals surface area (Å²) < 4.78 is 17.3. The summed E-state index contributed by atoms with van der Waals surface area (Å²) in [4.78, 5) is 10.8. The van der Waals surface area contributed by atoms with Gasteiger partial charge in [0, 0.05) is 13.1 Å². The Labute approximate surface area is 98.5 Å². The summed E-state index contributed by atoms with van der Waals surface area (Å²) in [7, 11) is 1.35. The van der Waals surface area contributed by atoms with E-state index in [1.165, 1.54) is 13.2 Å². The Bertz CT molecular complexity index is 371. The molecule has 5 heteroatoms. The Morgan fingerprint density at radius 2 is 2.31 bits per heavy atom. The van der Waals surface area contributed by atoms with Crippen LogP contribution in [0.15, 0.2) is 18.2 Å². The number of hydrogen-bond donors (Lipinski definition) is 1. The van der Waals surface area contributed by atoms with Crippen LogP contribution >= 0.6 is 11.6 Å². The van der Waals surface area contributed by atoms with E-state index in [0.717, 1.165) is 5.56 Å². The van der Waals surface area contributed by atoms with Gasteiger partial charge in [-0.3, -0.25) is 4.79 Å². The van der Waals surface area contributed by atoms with Gasteiger partial charge in [0.2, 0.25) is 0 Å². The fraction of sp³-hybridized carbons (Fsp3) is 0.364. The zero-order valence-electron chi connectivity index (χ0n) is 8.93. The molecule has 3 nitrogen and oxygen atoms in total. The molecule has 0 unspecified atom stereocenters. The van der Waals surface area contributed by atoms with E-state index < -0.39 is 5.82 Å². The highest BCUT2D eigenvalue weighted by Crippen LogP contribution is 2.15. The van der Waals surface area contributed by atoms with Crippen LogP contribution < -0.4 is 5.32 Å². The smallest absolute Gasteiger partial charge is 0.306 e. The summed E-state index contributed by atoms with van der Waals surface area (Å²) >= 11 is 5.62. The van der Waals surface area contributed by atoms with Gasteiger partial charge >= 0.3 is 5.97 Å². The van der Waals surface area contributed by atoms with Crippen LogP contribution in [0.1, 0.15) is 12.0 Å². The number of hydrogen-bond acceptors (Lipinski definition) is 3. The van der Waals surface area contributed by atoms with Crippen molar-refractivity contribution in [2.24, 2.45) is 0 Å². The van der Waals surface area contributed by atoms with Crippen molar-refractivity contribution in [2.45, 2.75) is 13.0 Å². The first kappa shape index (κ1) is 12.9. The van der Waals surface area contributed by atoms with Crippen LogP contribution in [0.5, 0.6) is 0 Å². The van der Waals surface area contributed by atoms with E-state index >= 15 is 0 Å². The highest BCUT2D eigenvalue weighted by Gasteiger charge is 2.02. The topological polar surface area (TPSA) is 38.3 Å². The average molecular weight is 246 g/mol. The zero-order valence-corrected chi connectivity index (χ0v) is 9.68. The fourth-order valence-corrected chi connectivity index (χ4v) is 1.38. The van der Waals surface area contributed by atoms with Crippen molar-refractivity contribution >= 4 is 17.6 Å². The molecule has 0 heterocycles. The molecule has 0 amide bonds. The molecule has 1 aromatic carbocycles. The molecular formula is C11H13ClFNO2. The lowest BCUT2D eigenvalue weighted by molar-refractivity contribution is -0.140. The first-order valence-corrected chi connectivity index (χ1v) is 5.22. The molecule has 16 heavy (non-hydrogen) atoms. The SMILES string of the molecule is COC(=O)CCNCc1ccc(F)c(Cl)c1. The van der Waals surface area contributed by atoms with E-state index in [2.05, 4.69) is 10.1 Å². The van der Waals surface area contributed by atoms with Gasteiger partial charge in [0.05, 0.1) is 18.6 Å². The maximum Gasteiger partial charge on any atom is 0.306 e. The number of rotatable bonds is 5. The summed E-state index contributed by atoms with van der Waals surface area (Å²) in [6, 6.07) is 4.52. The third-order valence-electron chi connectivity index (χ3n) is 2.05. The molecule has 0 aliphatic rings. The van der Waals surface area contributed by atoms with Gasteiger partial charge in [-0.25, -0.2) is 4.39 Å². The summed E-state index contributed by atoms with van der Waals surface area (Å²) in [5.74, 6) is -0.690. The van der Waals surface area contributed by atoms with Crippen LogP contribution in [0.4, 0.5) is 4.39 Å². The van der Waals surface area contributed by atoms with Gasteiger partial charge in [-0.15, -0.1) is 0 Å². The van der Waals surface area contributed by atoms with Crippen molar-refractivity contribution in [3.8, 4) is 0 Å². The van der Waals surface area contributed by atoms with Crippen molar-refractivity contribution in [2.75, 3.05) is 13.7 Å². The zero-order chi connectivity index (χ0) is 12.0. The Balaban J connectivity index is 2.32. The van der Waals surface area contributed by atoms with Crippen molar-refractivity contribution < 1.29 is 13.9 Å². The molecule has 0 saturated heterocycles. The molecule has 0 saturated carbocycles. The van der Waals surface area contributed by atoms with Crippen LogP contribution in [0.3, 0.4) is 0 Å². The molecule has 1 rings (SSSR count). The normalized spacial score (nSPS) is 10.2. The Kier molecular flexibility index (Phi) is 5.22. The summed E-state index contributed by atoms with van der Waals surface area (Å²) in [6.45, 7) is 1.05. The van der Waals surface area contributed by atoms with Gasteiger partial charge in [0.25, 0.3) is 0 Å². The molecule has 0 spiro atoms. The van der Waals surface area contributed by atoms with Crippen molar-refractivity contribution in [1.29, 1.82) is 0 Å². The van der Waals surface area contributed by atoms with E-state index in [4.69, 9.17) is 11.6 Å². The molecule has 1 aromatic rings. The van der Waals surface area contributed by atoms with E-state index in [1.807, 2.05) is 0 Å². The van der Waals surface area contributed by atoms with Crippen LogP contribution in [0, 0.1) is 5.82 Å². The monoisotopic (exact) mass is 245 g/mol. The highest BCUT2D eigenvalue weighted by molar-refractivity contribution is 6.30. The number of benzene rings is 1. The molecule has 0 aliphatic carbocycles. The Morgan fingerprint density at radius 1 is 1.56 bits per heavy atom. The molecule has 0 fully saturated rings. The third kappa shape index (κ3) is 4.16. The van der Waals surface area contributed by atoms with Crippen molar-refractivity contribution in [3.63, 3.8) is 0 Å². The predicted octanol–water partition coefficient (Wildman–Crippen LogP) is 2.13. The van der Waals surface area contributed by atoms with Gasteiger partial charge in [0.1, 0.15) is 5.82 Å². The molecule has 1 N–H and O–H groups in total. The summed E-state index contributed by atoms with van der Waals surface area (Å²) in [6.07, 6.45) is 0.311. The van der Waals surface area contributed by atoms with Crippen LogP contribution in [0.2, 0.25) is 5.02 Å². The van der Waals surface area contributed by atoms with Crippen molar-refractivity contribution in [3.05, 3.63) is 34.6 Å². The maximum atomic E-state index is 12.8. The lowest BCUT2D eigenvalue weighted by Gasteiger charge is -2.04. The van der Waals surface area contributed by atoms with E-state index in [0.29, 0.717) is 19.5 Å². The van der Waals surface area contributed by atoms with E-state index in [-0.39, 0.29) is 11.0 Å². The van der Waals surface area contributed by atoms with Crippen LogP contribution in [-0.2, 0) is 16.1 Å². The fourth-order valence-electron chi connectivity index (χ4n) is 1.17. The van der Waals surface area contributed by atoms with Crippen molar-refractivity contribution in [1.82, 2.24) is 5.32 Å². The maximum absolute atomic E-state index is 12.8. The Morgan fingerprint density at radius 3 is 2.94 bits per heavy atom. The number of ether oxygens (including phenoxy) is 1. The first-order valence-electron chi connectivity index (χ1n) is 4.85. The molecular weight excluding hydrogens is 233 g/mol. The molecule has 0 radical (unpaired) electrons. The quantitative estimate of drug-likeness (QED) is 0.638. The summed E-state index contributed by atoms with van der Waals surface area (Å²) in [5.41, 5.74) is 0.872. The standard InChI is InChI=1S/C11H13ClFNO2/c1-16-11(15)4-5-14-7-8-2-3-10(13)9(12)6-8/h2-3,6,14H,4-5,7H2,1H3. The average Bonchev–Trinajstić information content (AvgIpc) is 2.28. The summed E-state index contributed by atoms with van der Waals surface area (Å²) in [5, 5.41) is 3.14. The largest absolute Gasteiger partial charge is 0.469 e. The van der Waals surface area contributed by atoms with Crippen LogP contribution in [-0.4, -0.2) is 19.6 Å². The van der Waals surface area contributed by atoms with Gasteiger partial charge in [-0.05, 0) is 17.7 Å². The first-order chi connectivity index (χ1) is 7.63. The van der Waals surface area contributed by atoms with Gasteiger partial charge in [-0.2, -0.15) is 0 Å². The van der Waals surface area contributed by atoms with Crippen LogP contribution in [0.25, 0.3) is 0 Å². The lowest BCUT2D eigenvalue weighted by Crippen LogP contribution is -2.18. The lowest BCUT2D eigenvalue weighted by atomic mass is 10.2. The number of esters is 1. The number of carbonyl (C=O) groups is 1. The van der Waals surface area contributed by atoms with E-state index in [1.54, 1.807) is 12.1 Å². The third-order valence-corrected chi connectivity index (χ3v) is 2.34. The van der Waals surface area contributed by atoms with Gasteiger partial charge in [-0.1, -0.05) is 17.7 Å². The predicted molar refractivity (Wildman–Crippen MR) is 59.7 cm³/mol. The van der Waals surface area contributed by atoms with E-state index in [9.17, 15) is 9.18 Å². The molecule has 0 aromatic heterocycles. The Hall–Kier alpha value is -1.13. The van der Waals surface area contributed by atoms with Gasteiger partial charge < -0.3 is 10.1 Å². The number of halogens is 2. The molecule has 0 bridgehead atoms. The molecule has 0 aliphatic heterocycles. The second kappa shape index (κ2) is 6.45. The molecule has 88 valence electrons. The second-order valence-corrected chi connectivity index (χ2v) is 3.66. The number of carbonyl (C=O) groups excluding carboxylic acids is 1. The highest BCUT2D eigenvalue weighted by atomic mass is 35.5. The second-order valence-electron chi connectivity index (χ2n) is 3.25. The number of methoxy groups -OCH3 is 1. The van der Waals surface area contributed by atoms with Gasteiger partial charge in [0.15, 0.2) is 0 Å². The minimum atomic E-state index is -0.431. The minimum absolute atomic E-state index is 0.104. The molecule has 0 atom stereocenters. The number of nitrogens with one attached hydrogen (secondary N) is 1. The minimum Gasteiger partial charge on any atom is -0.469 e.